The number of nitrogens with one attached hydrogen (secondary N) is 1. The Morgan fingerprint density at radius 2 is 1.86 bits per heavy atom. The Kier molecular flexibility index (Phi) is 7.08. The van der Waals surface area contributed by atoms with Gasteiger partial charge in [-0.15, -0.1) is 0 Å². The van der Waals surface area contributed by atoms with Crippen LogP contribution in [0.3, 0.4) is 0 Å². The molecule has 29 heavy (non-hydrogen) atoms. The fourth-order valence-electron chi connectivity index (χ4n) is 2.66. The third-order valence-corrected chi connectivity index (χ3v) is 5.04. The van der Waals surface area contributed by atoms with Gasteiger partial charge in [-0.2, -0.15) is 0 Å². The summed E-state index contributed by atoms with van der Waals surface area (Å²) in [6.45, 7) is 2.98. The van der Waals surface area contributed by atoms with Crippen LogP contribution >= 0.6 is 11.8 Å². The van der Waals surface area contributed by atoms with E-state index in [1.54, 1.807) is 30.3 Å². The summed E-state index contributed by atoms with van der Waals surface area (Å²) in [5.74, 6) is 0.593. The van der Waals surface area contributed by atoms with E-state index in [-0.39, 0.29) is 29.4 Å². The molecule has 7 heteroatoms. The summed E-state index contributed by atoms with van der Waals surface area (Å²) >= 11 is 1.02. The lowest BCUT2D eigenvalue weighted by molar-refractivity contribution is -0.125. The minimum Gasteiger partial charge on any atom is -0.494 e. The number of imide groups is 1. The molecule has 0 radical (unpaired) electrons. The molecule has 0 spiro atoms. The van der Waals surface area contributed by atoms with E-state index >= 15 is 0 Å². The van der Waals surface area contributed by atoms with Gasteiger partial charge in [-0.1, -0.05) is 43.0 Å². The first-order valence-electron chi connectivity index (χ1n) is 9.33. The number of hydrogen-bond acceptors (Lipinski definition) is 5. The van der Waals surface area contributed by atoms with E-state index in [2.05, 4.69) is 12.2 Å². The summed E-state index contributed by atoms with van der Waals surface area (Å²) in [6, 6.07) is 14.6. The number of carbonyl (C=O) groups excluding carboxylic acids is 3. The highest BCUT2D eigenvalue weighted by molar-refractivity contribution is 8.14. The van der Waals surface area contributed by atoms with Crippen molar-refractivity contribution in [2.75, 3.05) is 17.7 Å². The number of anilines is 1. The topological polar surface area (TPSA) is 75.7 Å². The highest BCUT2D eigenvalue weighted by Crippen LogP contribution is 2.22. The first kappa shape index (κ1) is 20.7. The zero-order valence-electron chi connectivity index (χ0n) is 16.1. The Balaban J connectivity index is 1.52. The Morgan fingerprint density at radius 1 is 1.14 bits per heavy atom. The molecule has 1 saturated heterocycles. The van der Waals surface area contributed by atoms with Crippen LogP contribution < -0.4 is 10.1 Å². The Morgan fingerprint density at radius 3 is 2.48 bits per heavy atom. The molecule has 0 aromatic heterocycles. The summed E-state index contributed by atoms with van der Waals surface area (Å²) < 4.78 is 5.53. The van der Waals surface area contributed by atoms with Crippen LogP contribution in [0.1, 0.15) is 24.5 Å². The van der Waals surface area contributed by atoms with Crippen LogP contribution in [-0.4, -0.2) is 34.3 Å². The molecule has 0 saturated carbocycles. The highest BCUT2D eigenvalue weighted by Gasteiger charge is 2.29. The van der Waals surface area contributed by atoms with Crippen LogP contribution in [0, 0.1) is 0 Å². The van der Waals surface area contributed by atoms with E-state index in [1.165, 1.54) is 11.0 Å². The van der Waals surface area contributed by atoms with Gasteiger partial charge in [-0.3, -0.25) is 19.3 Å². The molecule has 3 rings (SSSR count). The van der Waals surface area contributed by atoms with Gasteiger partial charge < -0.3 is 10.1 Å². The molecule has 1 aliphatic rings. The predicted molar refractivity (Wildman–Crippen MR) is 115 cm³/mol. The summed E-state index contributed by atoms with van der Waals surface area (Å²) in [5.41, 5.74) is 2.37. The summed E-state index contributed by atoms with van der Waals surface area (Å²) in [4.78, 5) is 36.7. The predicted octanol–water partition coefficient (Wildman–Crippen LogP) is 4.32. The summed E-state index contributed by atoms with van der Waals surface area (Å²) in [7, 11) is 0. The van der Waals surface area contributed by atoms with Gasteiger partial charge >= 0.3 is 0 Å². The molecule has 2 aromatic carbocycles. The second-order valence-corrected chi connectivity index (χ2v) is 7.40. The smallest absolute Gasteiger partial charge is 0.289 e. The highest BCUT2D eigenvalue weighted by atomic mass is 32.2. The van der Waals surface area contributed by atoms with E-state index in [0.717, 1.165) is 35.1 Å². The lowest BCUT2D eigenvalue weighted by atomic mass is 10.2. The Hall–Kier alpha value is -3.06. The van der Waals surface area contributed by atoms with Crippen LogP contribution in [0.15, 0.2) is 54.6 Å². The van der Waals surface area contributed by atoms with Gasteiger partial charge in [-0.25, -0.2) is 0 Å². The van der Waals surface area contributed by atoms with Gasteiger partial charge in [0, 0.05) is 11.8 Å². The van der Waals surface area contributed by atoms with Crippen molar-refractivity contribution in [2.45, 2.75) is 19.9 Å². The summed E-state index contributed by atoms with van der Waals surface area (Å²) in [6.07, 6.45) is 4.15. The third kappa shape index (κ3) is 5.96. The SMILES string of the molecule is CCCOc1ccc(/C=C/C(=O)Nc2ccc(CN3C(=O)CSC3=O)cc2)cc1. The van der Waals surface area contributed by atoms with Crippen LogP contribution in [0.25, 0.3) is 6.08 Å². The average Bonchev–Trinajstić information content (AvgIpc) is 3.05. The monoisotopic (exact) mass is 410 g/mol. The first-order chi connectivity index (χ1) is 14.0. The maximum Gasteiger partial charge on any atom is 0.289 e. The van der Waals surface area contributed by atoms with Gasteiger partial charge in [0.25, 0.3) is 5.24 Å². The second-order valence-electron chi connectivity index (χ2n) is 6.47. The molecular formula is C22H22N2O4S. The van der Waals surface area contributed by atoms with Crippen molar-refractivity contribution in [1.29, 1.82) is 0 Å². The maximum atomic E-state index is 12.1. The van der Waals surface area contributed by atoms with Gasteiger partial charge in [0.1, 0.15) is 5.75 Å². The fraction of sp³-hybridized carbons (Fsp3) is 0.227. The molecule has 2 aromatic rings. The molecule has 3 amide bonds. The number of rotatable bonds is 8. The van der Waals surface area contributed by atoms with Gasteiger partial charge in [0.2, 0.25) is 11.8 Å². The molecule has 1 N–H and O–H groups in total. The number of benzene rings is 2. The number of amides is 3. The van der Waals surface area contributed by atoms with E-state index in [9.17, 15) is 14.4 Å². The molecular weight excluding hydrogens is 388 g/mol. The van der Waals surface area contributed by atoms with Crippen molar-refractivity contribution in [2.24, 2.45) is 0 Å². The molecule has 0 unspecified atom stereocenters. The van der Waals surface area contributed by atoms with Crippen molar-refractivity contribution >= 4 is 40.6 Å². The molecule has 6 nitrogen and oxygen atoms in total. The average molecular weight is 410 g/mol. The normalized spacial score (nSPS) is 13.9. The summed E-state index contributed by atoms with van der Waals surface area (Å²) in [5, 5.41) is 2.57. The lowest BCUT2D eigenvalue weighted by Gasteiger charge is -2.13. The maximum absolute atomic E-state index is 12.1. The molecule has 0 atom stereocenters. The minimum absolute atomic E-state index is 0.174. The molecule has 1 fully saturated rings. The van der Waals surface area contributed by atoms with E-state index in [1.807, 2.05) is 24.3 Å². The number of thioether (sulfide) groups is 1. The van der Waals surface area contributed by atoms with Crippen LogP contribution in [0.5, 0.6) is 5.75 Å². The van der Waals surface area contributed by atoms with Crippen molar-refractivity contribution < 1.29 is 19.1 Å². The van der Waals surface area contributed by atoms with Crippen molar-refractivity contribution in [3.8, 4) is 5.75 Å². The van der Waals surface area contributed by atoms with Crippen molar-refractivity contribution in [3.05, 3.63) is 65.7 Å². The molecule has 1 heterocycles. The molecule has 0 aliphatic carbocycles. The van der Waals surface area contributed by atoms with E-state index in [4.69, 9.17) is 4.74 Å². The van der Waals surface area contributed by atoms with Crippen molar-refractivity contribution in [1.82, 2.24) is 4.90 Å². The molecule has 1 aliphatic heterocycles. The third-order valence-electron chi connectivity index (χ3n) is 4.18. The minimum atomic E-state index is -0.245. The van der Waals surface area contributed by atoms with Crippen LogP contribution in [0.2, 0.25) is 0 Å². The number of carbonyl (C=O) groups is 3. The largest absolute Gasteiger partial charge is 0.494 e. The van der Waals surface area contributed by atoms with Crippen LogP contribution in [-0.2, 0) is 16.1 Å². The zero-order valence-corrected chi connectivity index (χ0v) is 16.9. The van der Waals surface area contributed by atoms with Crippen molar-refractivity contribution in [3.63, 3.8) is 0 Å². The Labute approximate surface area is 173 Å². The lowest BCUT2D eigenvalue weighted by Crippen LogP contribution is -2.27. The number of hydrogen-bond donors (Lipinski definition) is 1. The fourth-order valence-corrected chi connectivity index (χ4v) is 3.39. The van der Waals surface area contributed by atoms with Gasteiger partial charge in [0.15, 0.2) is 0 Å². The van der Waals surface area contributed by atoms with E-state index < -0.39 is 0 Å². The van der Waals surface area contributed by atoms with E-state index in [0.29, 0.717) is 12.3 Å². The molecule has 150 valence electrons. The zero-order chi connectivity index (χ0) is 20.6. The van der Waals surface area contributed by atoms with Gasteiger partial charge in [0.05, 0.1) is 18.9 Å². The standard InChI is InChI=1S/C22H22N2O4S/c1-2-13-28-19-10-5-16(6-11-19)7-12-20(25)23-18-8-3-17(4-9-18)14-24-21(26)15-29-22(24)27/h3-12H,2,13-15H2,1H3,(H,23,25)/b12-7+. The molecule has 0 bridgehead atoms. The van der Waals surface area contributed by atoms with Gasteiger partial charge in [-0.05, 0) is 47.9 Å². The quantitative estimate of drug-likeness (QED) is 0.656. The second kappa shape index (κ2) is 9.93. The Bertz CT molecular complexity index is 891. The number of nitrogens with zero attached hydrogens (tertiary/aromatic N) is 1. The first-order valence-corrected chi connectivity index (χ1v) is 10.3. The van der Waals surface area contributed by atoms with Crippen LogP contribution in [0.4, 0.5) is 10.5 Å². The number of ether oxygens (including phenoxy) is 1.